The maximum atomic E-state index is 13.0. The molecular formula is C29H26N6O3. The van der Waals surface area contributed by atoms with Crippen molar-refractivity contribution < 1.29 is 14.3 Å². The molecular weight excluding hydrogens is 480 g/mol. The lowest BCUT2D eigenvalue weighted by Crippen LogP contribution is -2.19. The Kier molecular flexibility index (Phi) is 7.44. The first-order valence-corrected chi connectivity index (χ1v) is 11.8. The van der Waals surface area contributed by atoms with Crippen molar-refractivity contribution >= 4 is 17.5 Å². The van der Waals surface area contributed by atoms with E-state index >= 15 is 0 Å². The fourth-order valence-electron chi connectivity index (χ4n) is 3.78. The first-order chi connectivity index (χ1) is 18.2. The molecule has 0 saturated heterocycles. The van der Waals surface area contributed by atoms with E-state index in [0.717, 1.165) is 16.7 Å². The van der Waals surface area contributed by atoms with E-state index in [0.29, 0.717) is 28.4 Å². The second-order valence-corrected chi connectivity index (χ2v) is 8.97. The largest absolute Gasteiger partial charge is 0.496 e. The molecule has 9 nitrogen and oxygen atoms in total. The molecule has 0 spiro atoms. The summed E-state index contributed by atoms with van der Waals surface area (Å²) < 4.78 is 5.59. The van der Waals surface area contributed by atoms with Crippen LogP contribution in [0, 0.1) is 11.3 Å². The number of pyridine rings is 3. The van der Waals surface area contributed by atoms with Gasteiger partial charge < -0.3 is 15.4 Å². The zero-order chi connectivity index (χ0) is 27.3. The maximum absolute atomic E-state index is 13.0. The van der Waals surface area contributed by atoms with Crippen LogP contribution >= 0.6 is 0 Å². The molecule has 0 saturated carbocycles. The van der Waals surface area contributed by atoms with Gasteiger partial charge in [-0.2, -0.15) is 5.26 Å². The Morgan fingerprint density at radius 3 is 2.37 bits per heavy atom. The highest BCUT2D eigenvalue weighted by atomic mass is 16.5. The molecule has 4 rings (SSSR count). The van der Waals surface area contributed by atoms with Crippen LogP contribution in [0.4, 0.5) is 5.69 Å². The first-order valence-electron chi connectivity index (χ1n) is 11.8. The Morgan fingerprint density at radius 1 is 0.895 bits per heavy atom. The zero-order valence-electron chi connectivity index (χ0n) is 21.4. The van der Waals surface area contributed by atoms with Crippen molar-refractivity contribution in [1.82, 2.24) is 20.3 Å². The van der Waals surface area contributed by atoms with Gasteiger partial charge in [-0.1, -0.05) is 0 Å². The van der Waals surface area contributed by atoms with Crippen LogP contribution in [0.2, 0.25) is 0 Å². The van der Waals surface area contributed by atoms with Crippen LogP contribution in [-0.2, 0) is 5.41 Å². The second kappa shape index (κ2) is 10.9. The number of carbonyl (C=O) groups is 2. The van der Waals surface area contributed by atoms with Crippen LogP contribution in [0.15, 0.2) is 73.2 Å². The molecule has 38 heavy (non-hydrogen) atoms. The lowest BCUT2D eigenvalue weighted by Gasteiger charge is -2.16. The number of nitrogens with zero attached hydrogens (tertiary/aromatic N) is 4. The number of aromatic nitrogens is 3. The van der Waals surface area contributed by atoms with E-state index in [4.69, 9.17) is 4.74 Å². The zero-order valence-corrected chi connectivity index (χ0v) is 21.4. The van der Waals surface area contributed by atoms with Crippen LogP contribution in [-0.4, -0.2) is 40.9 Å². The minimum atomic E-state index is -0.821. The summed E-state index contributed by atoms with van der Waals surface area (Å²) in [6.45, 7) is 3.50. The number of amides is 2. The third-order valence-electron chi connectivity index (χ3n) is 5.99. The lowest BCUT2D eigenvalue weighted by molar-refractivity contribution is 0.0957. The SMILES string of the molecule is CNC(=O)c1cc(-c2cc(-c3cc(NC(=O)c4ccnc(C(C)(C)C#N)c4)ccc3OC)ccn2)ccn1. The number of nitrogens with one attached hydrogen (secondary N) is 2. The fourth-order valence-corrected chi connectivity index (χ4v) is 3.78. The molecule has 3 aromatic heterocycles. The normalized spacial score (nSPS) is 10.8. The molecule has 0 aliphatic rings. The summed E-state index contributed by atoms with van der Waals surface area (Å²) in [6.07, 6.45) is 4.76. The number of methoxy groups -OCH3 is 1. The number of rotatable bonds is 7. The topological polar surface area (TPSA) is 130 Å². The number of ether oxygens (including phenoxy) is 1. The molecule has 0 unspecified atom stereocenters. The van der Waals surface area contributed by atoms with Crippen LogP contribution < -0.4 is 15.4 Å². The van der Waals surface area contributed by atoms with Gasteiger partial charge in [0, 0.05) is 48.0 Å². The van der Waals surface area contributed by atoms with E-state index in [9.17, 15) is 14.9 Å². The highest BCUT2D eigenvalue weighted by Gasteiger charge is 2.23. The molecule has 190 valence electrons. The van der Waals surface area contributed by atoms with Crippen LogP contribution in [0.25, 0.3) is 22.4 Å². The lowest BCUT2D eigenvalue weighted by atomic mass is 9.90. The molecule has 3 heterocycles. The number of carbonyl (C=O) groups excluding carboxylic acids is 2. The summed E-state index contributed by atoms with van der Waals surface area (Å²) in [5.41, 5.74) is 3.88. The Labute approximate surface area is 220 Å². The van der Waals surface area contributed by atoms with Gasteiger partial charge in [-0.25, -0.2) is 0 Å². The van der Waals surface area contributed by atoms with Gasteiger partial charge >= 0.3 is 0 Å². The summed E-state index contributed by atoms with van der Waals surface area (Å²) in [7, 11) is 3.13. The molecule has 9 heteroatoms. The number of anilines is 1. The van der Waals surface area contributed by atoms with Crippen LogP contribution in [0.3, 0.4) is 0 Å². The average molecular weight is 507 g/mol. The number of hydrogen-bond donors (Lipinski definition) is 2. The van der Waals surface area contributed by atoms with Gasteiger partial charge in [0.1, 0.15) is 11.4 Å². The predicted molar refractivity (Wildman–Crippen MR) is 144 cm³/mol. The van der Waals surface area contributed by atoms with E-state index in [1.807, 2.05) is 18.2 Å². The number of benzene rings is 1. The first kappa shape index (κ1) is 26.0. The summed E-state index contributed by atoms with van der Waals surface area (Å²) >= 11 is 0. The highest BCUT2D eigenvalue weighted by molar-refractivity contribution is 6.04. The van der Waals surface area contributed by atoms with Gasteiger partial charge in [-0.05, 0) is 74.0 Å². The van der Waals surface area contributed by atoms with E-state index < -0.39 is 5.41 Å². The van der Waals surface area contributed by atoms with Gasteiger partial charge in [-0.15, -0.1) is 0 Å². The predicted octanol–water partition coefficient (Wildman–Crippen LogP) is 4.63. The van der Waals surface area contributed by atoms with Crippen molar-refractivity contribution in [3.8, 4) is 34.2 Å². The smallest absolute Gasteiger partial charge is 0.269 e. The highest BCUT2D eigenvalue weighted by Crippen LogP contribution is 2.34. The van der Waals surface area contributed by atoms with Crippen LogP contribution in [0.5, 0.6) is 5.75 Å². The fraction of sp³-hybridized carbons (Fsp3) is 0.172. The number of nitriles is 1. The van der Waals surface area contributed by atoms with Gasteiger partial charge in [-0.3, -0.25) is 24.5 Å². The summed E-state index contributed by atoms with van der Waals surface area (Å²) in [5, 5.41) is 14.9. The average Bonchev–Trinajstić information content (AvgIpc) is 2.96. The van der Waals surface area contributed by atoms with Crippen LogP contribution in [0.1, 0.15) is 40.4 Å². The molecule has 0 aliphatic heterocycles. The summed E-state index contributed by atoms with van der Waals surface area (Å²) in [5.74, 6) is 0.000885. The van der Waals surface area contributed by atoms with Gasteiger partial charge in [0.15, 0.2) is 0 Å². The van der Waals surface area contributed by atoms with Crippen molar-refractivity contribution in [3.63, 3.8) is 0 Å². The van der Waals surface area contributed by atoms with E-state index in [2.05, 4.69) is 31.7 Å². The Hall–Kier alpha value is -5.10. The molecule has 0 bridgehead atoms. The van der Waals surface area contributed by atoms with Crippen molar-refractivity contribution in [2.24, 2.45) is 0 Å². The van der Waals surface area contributed by atoms with Crippen molar-refractivity contribution in [2.45, 2.75) is 19.3 Å². The Morgan fingerprint density at radius 2 is 1.63 bits per heavy atom. The molecule has 1 aromatic carbocycles. The molecule has 2 amide bonds. The Balaban J connectivity index is 1.66. The van der Waals surface area contributed by atoms with E-state index in [-0.39, 0.29) is 17.5 Å². The maximum Gasteiger partial charge on any atom is 0.269 e. The van der Waals surface area contributed by atoms with Gasteiger partial charge in [0.25, 0.3) is 11.8 Å². The summed E-state index contributed by atoms with van der Waals surface area (Å²) in [6, 6.07) is 18.0. The molecule has 2 N–H and O–H groups in total. The quantitative estimate of drug-likeness (QED) is 0.374. The summed E-state index contributed by atoms with van der Waals surface area (Å²) in [4.78, 5) is 37.9. The molecule has 4 aromatic rings. The van der Waals surface area contributed by atoms with Gasteiger partial charge in [0.05, 0.1) is 30.0 Å². The van der Waals surface area contributed by atoms with Crippen molar-refractivity contribution in [2.75, 3.05) is 19.5 Å². The molecule has 0 radical (unpaired) electrons. The molecule has 0 aliphatic carbocycles. The minimum Gasteiger partial charge on any atom is -0.496 e. The Bertz CT molecular complexity index is 1560. The minimum absolute atomic E-state index is 0.286. The third kappa shape index (κ3) is 5.50. The second-order valence-electron chi connectivity index (χ2n) is 8.97. The standard InChI is InChI=1S/C29H26N6O3/c1-29(2,17-30)26-15-20(9-12-34-26)27(36)35-21-5-6-25(38-4)22(16-21)18-7-10-32-23(13-18)19-8-11-33-24(14-19)28(37)31-3/h5-16H,1-4H3,(H,31,37)(H,35,36). The number of hydrogen-bond acceptors (Lipinski definition) is 7. The van der Waals surface area contributed by atoms with Gasteiger partial charge in [0.2, 0.25) is 0 Å². The molecule has 0 atom stereocenters. The van der Waals surface area contributed by atoms with Crippen molar-refractivity contribution in [3.05, 3.63) is 90.1 Å². The third-order valence-corrected chi connectivity index (χ3v) is 5.99. The monoisotopic (exact) mass is 506 g/mol. The van der Waals surface area contributed by atoms with E-state index in [1.54, 1.807) is 76.8 Å². The van der Waals surface area contributed by atoms with E-state index in [1.165, 1.54) is 6.20 Å². The van der Waals surface area contributed by atoms with Crippen molar-refractivity contribution in [1.29, 1.82) is 5.26 Å². The molecule has 0 fully saturated rings.